The van der Waals surface area contributed by atoms with Crippen LogP contribution in [0.25, 0.3) is 0 Å². The van der Waals surface area contributed by atoms with Gasteiger partial charge in [0, 0.05) is 6.92 Å². The molecule has 1 aliphatic rings. The zero-order valence-electron chi connectivity index (χ0n) is 24.3. The van der Waals surface area contributed by atoms with Crippen molar-refractivity contribution in [1.82, 2.24) is 0 Å². The van der Waals surface area contributed by atoms with Gasteiger partial charge in [-0.3, -0.25) is 9.59 Å². The smallest absolute Gasteiger partial charge is 0.302 e. The molecular weight excluding hydrogens is 448 g/mol. The molecule has 4 heteroatoms. The highest BCUT2D eigenvalue weighted by molar-refractivity contribution is 5.74. The highest BCUT2D eigenvalue weighted by Crippen LogP contribution is 2.53. The number of hydrogen-bond acceptors (Lipinski definition) is 4. The number of ether oxygens (including phenoxy) is 1. The predicted octanol–water partition coefficient (Wildman–Crippen LogP) is 8.07. The van der Waals surface area contributed by atoms with Gasteiger partial charge in [-0.25, -0.2) is 0 Å². The molecule has 0 radical (unpaired) electrons. The van der Waals surface area contributed by atoms with Gasteiger partial charge in [0.25, 0.3) is 0 Å². The fourth-order valence-corrected chi connectivity index (χ4v) is 5.70. The number of rotatable bonds is 14. The average Bonchev–Trinajstić information content (AvgIpc) is 2.78. The second-order valence-corrected chi connectivity index (χ2v) is 11.5. The lowest BCUT2D eigenvalue weighted by atomic mass is 9.56. The first kappa shape index (κ1) is 32.1. The van der Waals surface area contributed by atoms with Crippen LogP contribution in [-0.4, -0.2) is 30.1 Å². The minimum atomic E-state index is -0.448. The van der Waals surface area contributed by atoms with Gasteiger partial charge in [-0.05, 0) is 115 Å². The molecule has 0 aromatic heterocycles. The molecule has 1 N–H and O–H groups in total. The molecule has 4 nitrogen and oxygen atoms in total. The Morgan fingerprint density at radius 2 is 1.81 bits per heavy atom. The summed E-state index contributed by atoms with van der Waals surface area (Å²) in [5.74, 6) is 0.619. The van der Waals surface area contributed by atoms with Gasteiger partial charge < -0.3 is 9.84 Å². The number of carbonyl (C=O) groups is 2. The zero-order valence-corrected chi connectivity index (χ0v) is 24.3. The first-order valence-electron chi connectivity index (χ1n) is 13.8. The predicted molar refractivity (Wildman–Crippen MR) is 151 cm³/mol. The second kappa shape index (κ2) is 16.0. The van der Waals surface area contributed by atoms with Gasteiger partial charge >= 0.3 is 5.97 Å². The second-order valence-electron chi connectivity index (χ2n) is 11.5. The van der Waals surface area contributed by atoms with Crippen LogP contribution in [0.4, 0.5) is 0 Å². The SMILES string of the molecule is CC(=O)OCCC[C@@H]1/C(=C(/C)C=O)CC[C@@H](C)[C@@]1(C)CC/C=C(\C)CC(O)/C=C(\C)CCC=C(C)C. The van der Waals surface area contributed by atoms with Crippen molar-refractivity contribution in [3.05, 3.63) is 46.1 Å². The van der Waals surface area contributed by atoms with Crippen LogP contribution >= 0.6 is 0 Å². The van der Waals surface area contributed by atoms with Crippen LogP contribution in [0.1, 0.15) is 113 Å². The van der Waals surface area contributed by atoms with E-state index in [1.165, 1.54) is 29.2 Å². The summed E-state index contributed by atoms with van der Waals surface area (Å²) in [5, 5.41) is 10.6. The quantitative estimate of drug-likeness (QED) is 0.0861. The summed E-state index contributed by atoms with van der Waals surface area (Å²) < 4.78 is 5.19. The maximum atomic E-state index is 11.7. The van der Waals surface area contributed by atoms with E-state index in [1.54, 1.807) is 0 Å². The number of hydrogen-bond donors (Lipinski definition) is 1. The van der Waals surface area contributed by atoms with Gasteiger partial charge in [0.05, 0.1) is 12.7 Å². The molecule has 1 saturated carbocycles. The molecule has 0 amide bonds. The summed E-state index contributed by atoms with van der Waals surface area (Å²) >= 11 is 0. The minimum Gasteiger partial charge on any atom is -0.466 e. The van der Waals surface area contributed by atoms with E-state index < -0.39 is 6.10 Å². The Labute approximate surface area is 221 Å². The third kappa shape index (κ3) is 11.0. The van der Waals surface area contributed by atoms with Gasteiger partial charge in [0.1, 0.15) is 6.29 Å². The summed E-state index contributed by atoms with van der Waals surface area (Å²) in [6, 6.07) is 0. The number of esters is 1. The van der Waals surface area contributed by atoms with E-state index in [9.17, 15) is 14.7 Å². The molecule has 36 heavy (non-hydrogen) atoms. The van der Waals surface area contributed by atoms with Crippen molar-refractivity contribution < 1.29 is 19.4 Å². The van der Waals surface area contributed by atoms with Crippen LogP contribution in [0.2, 0.25) is 0 Å². The first-order chi connectivity index (χ1) is 16.9. The lowest BCUT2D eigenvalue weighted by Gasteiger charge is -2.48. The van der Waals surface area contributed by atoms with Crippen LogP contribution < -0.4 is 0 Å². The molecule has 0 heterocycles. The fraction of sp³-hybridized carbons (Fsp3) is 0.688. The molecule has 0 bridgehead atoms. The van der Waals surface area contributed by atoms with Crippen LogP contribution in [0, 0.1) is 17.3 Å². The van der Waals surface area contributed by atoms with Crippen LogP contribution in [0.5, 0.6) is 0 Å². The summed E-state index contributed by atoms with van der Waals surface area (Å²) in [6.07, 6.45) is 15.5. The monoisotopic (exact) mass is 500 g/mol. The molecule has 0 aromatic rings. The molecule has 0 aromatic carbocycles. The lowest BCUT2D eigenvalue weighted by Crippen LogP contribution is -2.39. The molecule has 1 aliphatic carbocycles. The number of aliphatic hydroxyl groups is 1. The van der Waals surface area contributed by atoms with Gasteiger partial charge in [-0.2, -0.15) is 0 Å². The van der Waals surface area contributed by atoms with Crippen molar-refractivity contribution >= 4 is 12.3 Å². The minimum absolute atomic E-state index is 0.0743. The standard InChI is InChI=1S/C32H52O4/c1-23(2)12-9-13-24(3)20-29(35)21-25(4)14-10-18-32(8)27(6)16-17-30(26(5)22-33)31(32)15-11-19-36-28(7)34/h12,14,20,22,27,29,31,35H,9-11,13,15-19,21H2,1-8H3/b24-20+,25-14+,30-26-/t27-,29?,31-,32-/m1/s1. The Hall–Kier alpha value is -1.94. The van der Waals surface area contributed by atoms with Crippen molar-refractivity contribution in [3.63, 3.8) is 0 Å². The van der Waals surface area contributed by atoms with Crippen LogP contribution in [0.15, 0.2) is 46.1 Å². The summed E-state index contributed by atoms with van der Waals surface area (Å²) in [4.78, 5) is 22.9. The van der Waals surface area contributed by atoms with E-state index >= 15 is 0 Å². The third-order valence-corrected chi connectivity index (χ3v) is 8.09. The van der Waals surface area contributed by atoms with Crippen LogP contribution in [-0.2, 0) is 14.3 Å². The van der Waals surface area contributed by atoms with Crippen molar-refractivity contribution in [2.75, 3.05) is 6.61 Å². The highest BCUT2D eigenvalue weighted by Gasteiger charge is 2.43. The topological polar surface area (TPSA) is 63.6 Å². The zero-order chi connectivity index (χ0) is 27.3. The largest absolute Gasteiger partial charge is 0.466 e. The molecule has 1 rings (SSSR count). The van der Waals surface area contributed by atoms with Gasteiger partial charge in [-0.1, -0.05) is 54.4 Å². The van der Waals surface area contributed by atoms with Crippen molar-refractivity contribution in [2.45, 2.75) is 119 Å². The Morgan fingerprint density at radius 1 is 1.11 bits per heavy atom. The molecule has 0 aliphatic heterocycles. The molecule has 0 saturated heterocycles. The Bertz CT molecular complexity index is 840. The average molecular weight is 501 g/mol. The van der Waals surface area contributed by atoms with Crippen molar-refractivity contribution in [2.24, 2.45) is 17.3 Å². The Morgan fingerprint density at radius 3 is 2.42 bits per heavy atom. The highest BCUT2D eigenvalue weighted by atomic mass is 16.5. The molecule has 1 fully saturated rings. The van der Waals surface area contributed by atoms with E-state index in [2.05, 4.69) is 53.7 Å². The maximum Gasteiger partial charge on any atom is 0.302 e. The number of aliphatic hydroxyl groups excluding tert-OH is 1. The third-order valence-electron chi connectivity index (χ3n) is 8.09. The number of allylic oxidation sites excluding steroid dienone is 6. The summed E-state index contributed by atoms with van der Waals surface area (Å²) in [6.45, 7) is 17.0. The molecule has 204 valence electrons. The fourth-order valence-electron chi connectivity index (χ4n) is 5.70. The Balaban J connectivity index is 2.86. The molecule has 4 atom stereocenters. The van der Waals surface area contributed by atoms with Gasteiger partial charge in [0.2, 0.25) is 0 Å². The molecular formula is C32H52O4. The molecule has 0 spiro atoms. The van der Waals surface area contributed by atoms with E-state index in [1.807, 2.05) is 13.0 Å². The number of carbonyl (C=O) groups excluding carboxylic acids is 2. The van der Waals surface area contributed by atoms with Gasteiger partial charge in [0.15, 0.2) is 0 Å². The normalized spacial score (nSPS) is 25.2. The summed E-state index contributed by atoms with van der Waals surface area (Å²) in [5.41, 5.74) is 6.02. The van der Waals surface area contributed by atoms with E-state index in [0.717, 1.165) is 63.2 Å². The number of aldehydes is 1. The van der Waals surface area contributed by atoms with E-state index in [0.29, 0.717) is 24.9 Å². The van der Waals surface area contributed by atoms with E-state index in [4.69, 9.17) is 4.74 Å². The Kier molecular flexibility index (Phi) is 14.3. The summed E-state index contributed by atoms with van der Waals surface area (Å²) in [7, 11) is 0. The maximum absolute atomic E-state index is 11.7. The molecule has 1 unspecified atom stereocenters. The first-order valence-corrected chi connectivity index (χ1v) is 13.8. The van der Waals surface area contributed by atoms with Crippen molar-refractivity contribution in [3.8, 4) is 0 Å². The van der Waals surface area contributed by atoms with Crippen LogP contribution in [0.3, 0.4) is 0 Å². The van der Waals surface area contributed by atoms with Crippen molar-refractivity contribution in [1.29, 1.82) is 0 Å². The van der Waals surface area contributed by atoms with E-state index in [-0.39, 0.29) is 11.4 Å². The van der Waals surface area contributed by atoms with Gasteiger partial charge in [-0.15, -0.1) is 0 Å². The lowest BCUT2D eigenvalue weighted by molar-refractivity contribution is -0.141.